The van der Waals surface area contributed by atoms with Crippen LogP contribution in [0, 0.1) is 12.7 Å². The third kappa shape index (κ3) is 3.23. The van der Waals surface area contributed by atoms with E-state index in [9.17, 15) is 9.18 Å². The van der Waals surface area contributed by atoms with Gasteiger partial charge in [0.1, 0.15) is 5.82 Å². The van der Waals surface area contributed by atoms with Crippen LogP contribution in [0.2, 0.25) is 5.02 Å². The average Bonchev–Trinajstić information content (AvgIpc) is 2.26. The number of carbonyl (C=O) groups excluding carboxylic acids is 1. The fraction of sp³-hybridized carbons (Fsp3) is 0.0714. The van der Waals surface area contributed by atoms with Gasteiger partial charge in [-0.05, 0) is 48.9 Å². The molecule has 0 aliphatic heterocycles. The lowest BCUT2D eigenvalue weighted by atomic mass is 10.1. The van der Waals surface area contributed by atoms with Gasteiger partial charge in [0.2, 0.25) is 0 Å². The minimum atomic E-state index is -0.404. The molecule has 0 fully saturated rings. The lowest BCUT2D eigenvalue weighted by Gasteiger charge is -2.08. The van der Waals surface area contributed by atoms with Crippen molar-refractivity contribution in [1.29, 1.82) is 0 Å². The van der Waals surface area contributed by atoms with E-state index in [2.05, 4.69) is 5.32 Å². The van der Waals surface area contributed by atoms with Crippen LogP contribution in [0.4, 0.5) is 15.8 Å². The molecular formula is C14H12ClFN2O. The molecule has 2 aromatic carbocycles. The van der Waals surface area contributed by atoms with Crippen molar-refractivity contribution < 1.29 is 9.18 Å². The molecule has 0 heterocycles. The van der Waals surface area contributed by atoms with Crippen molar-refractivity contribution in [2.75, 3.05) is 11.1 Å². The van der Waals surface area contributed by atoms with Crippen molar-refractivity contribution in [2.24, 2.45) is 0 Å². The summed E-state index contributed by atoms with van der Waals surface area (Å²) in [6.45, 7) is 1.75. The zero-order chi connectivity index (χ0) is 14.0. The molecule has 0 saturated heterocycles. The second-order valence-corrected chi connectivity index (χ2v) is 4.64. The van der Waals surface area contributed by atoms with Gasteiger partial charge < -0.3 is 11.1 Å². The summed E-state index contributed by atoms with van der Waals surface area (Å²) in [5, 5.41) is 3.05. The molecule has 98 valence electrons. The number of rotatable bonds is 2. The van der Waals surface area contributed by atoms with Gasteiger partial charge in [0.25, 0.3) is 5.91 Å². The van der Waals surface area contributed by atoms with Crippen molar-refractivity contribution in [3.8, 4) is 0 Å². The zero-order valence-electron chi connectivity index (χ0n) is 10.2. The third-order valence-electron chi connectivity index (χ3n) is 2.56. The highest BCUT2D eigenvalue weighted by atomic mass is 35.5. The Morgan fingerprint density at radius 2 is 2.00 bits per heavy atom. The van der Waals surface area contributed by atoms with Gasteiger partial charge in [-0.2, -0.15) is 0 Å². The molecule has 5 heteroatoms. The number of hydrogen-bond acceptors (Lipinski definition) is 2. The van der Waals surface area contributed by atoms with Crippen LogP contribution in [0.25, 0.3) is 0 Å². The van der Waals surface area contributed by atoms with E-state index in [1.54, 1.807) is 19.1 Å². The lowest BCUT2D eigenvalue weighted by Crippen LogP contribution is -2.14. The highest BCUT2D eigenvalue weighted by Crippen LogP contribution is 2.20. The molecule has 3 nitrogen and oxygen atoms in total. The summed E-state index contributed by atoms with van der Waals surface area (Å²) < 4.78 is 13.2. The second kappa shape index (κ2) is 5.28. The number of carbonyl (C=O) groups is 1. The Kier molecular flexibility index (Phi) is 3.71. The Morgan fingerprint density at radius 1 is 1.26 bits per heavy atom. The number of nitrogens with two attached hydrogens (primary N) is 1. The molecular weight excluding hydrogens is 267 g/mol. The first-order valence-electron chi connectivity index (χ1n) is 5.59. The van der Waals surface area contributed by atoms with Crippen LogP contribution < -0.4 is 11.1 Å². The number of aryl methyl sites for hydroxylation is 1. The van der Waals surface area contributed by atoms with Crippen LogP contribution in [0.5, 0.6) is 0 Å². The zero-order valence-corrected chi connectivity index (χ0v) is 11.0. The molecule has 0 unspecified atom stereocenters. The van der Waals surface area contributed by atoms with E-state index in [-0.39, 0.29) is 5.69 Å². The molecule has 0 aromatic heterocycles. The molecule has 2 aromatic rings. The van der Waals surface area contributed by atoms with Gasteiger partial charge in [-0.3, -0.25) is 4.79 Å². The van der Waals surface area contributed by atoms with Gasteiger partial charge in [-0.1, -0.05) is 11.6 Å². The lowest BCUT2D eigenvalue weighted by molar-refractivity contribution is 0.102. The van der Waals surface area contributed by atoms with Crippen LogP contribution in [0.15, 0.2) is 36.4 Å². The Labute approximate surface area is 115 Å². The van der Waals surface area contributed by atoms with E-state index >= 15 is 0 Å². The molecule has 0 spiro atoms. The smallest absolute Gasteiger partial charge is 0.257 e. The summed E-state index contributed by atoms with van der Waals surface area (Å²) in [5.74, 6) is -0.807. The number of nitrogen functional groups attached to an aromatic ring is 1. The average molecular weight is 279 g/mol. The number of anilines is 2. The van der Waals surface area contributed by atoms with Gasteiger partial charge in [-0.25, -0.2) is 4.39 Å². The maximum Gasteiger partial charge on any atom is 0.257 e. The highest BCUT2D eigenvalue weighted by molar-refractivity contribution is 6.31. The number of amides is 1. The maximum atomic E-state index is 13.2. The SMILES string of the molecule is Cc1cc(F)cc(NC(=O)c2ccc(Cl)cc2N)c1. The monoisotopic (exact) mass is 278 g/mol. The van der Waals surface area contributed by atoms with Crippen LogP contribution in [0.3, 0.4) is 0 Å². The number of benzene rings is 2. The number of nitrogens with one attached hydrogen (secondary N) is 1. The maximum absolute atomic E-state index is 13.2. The topological polar surface area (TPSA) is 55.1 Å². The van der Waals surface area contributed by atoms with Crippen molar-refractivity contribution in [1.82, 2.24) is 0 Å². The van der Waals surface area contributed by atoms with E-state index < -0.39 is 11.7 Å². The summed E-state index contributed by atoms with van der Waals surface area (Å²) in [6, 6.07) is 8.90. The second-order valence-electron chi connectivity index (χ2n) is 4.20. The van der Waals surface area contributed by atoms with E-state index in [0.717, 1.165) is 5.56 Å². The van der Waals surface area contributed by atoms with E-state index in [4.69, 9.17) is 17.3 Å². The largest absolute Gasteiger partial charge is 0.398 e. The predicted molar refractivity (Wildman–Crippen MR) is 75.0 cm³/mol. The quantitative estimate of drug-likeness (QED) is 0.824. The Balaban J connectivity index is 2.25. The van der Waals surface area contributed by atoms with E-state index in [1.807, 2.05) is 0 Å². The van der Waals surface area contributed by atoms with Gasteiger partial charge in [0.05, 0.1) is 5.56 Å². The first kappa shape index (κ1) is 13.4. The molecule has 0 atom stereocenters. The standard InChI is InChI=1S/C14H12ClFN2O/c1-8-4-10(16)7-11(5-8)18-14(19)12-3-2-9(15)6-13(12)17/h2-7H,17H2,1H3,(H,18,19). The van der Waals surface area contributed by atoms with Crippen molar-refractivity contribution >= 4 is 28.9 Å². The van der Waals surface area contributed by atoms with Crippen LogP contribution in [-0.2, 0) is 0 Å². The van der Waals surface area contributed by atoms with Crippen LogP contribution in [-0.4, -0.2) is 5.91 Å². The normalized spacial score (nSPS) is 10.3. The molecule has 2 rings (SSSR count). The summed E-state index contributed by atoms with van der Waals surface area (Å²) in [4.78, 5) is 12.0. The number of halogens is 2. The Morgan fingerprint density at radius 3 is 2.63 bits per heavy atom. The van der Waals surface area contributed by atoms with Crippen LogP contribution in [0.1, 0.15) is 15.9 Å². The fourth-order valence-electron chi connectivity index (χ4n) is 1.75. The molecule has 1 amide bonds. The van der Waals surface area contributed by atoms with E-state index in [0.29, 0.717) is 16.3 Å². The first-order valence-corrected chi connectivity index (χ1v) is 5.97. The van der Waals surface area contributed by atoms with Gasteiger partial charge in [-0.15, -0.1) is 0 Å². The molecule has 0 aliphatic carbocycles. The summed E-state index contributed by atoms with van der Waals surface area (Å²) in [6.07, 6.45) is 0. The molecule has 0 saturated carbocycles. The Hall–Kier alpha value is -2.07. The van der Waals surface area contributed by atoms with Crippen molar-refractivity contribution in [3.63, 3.8) is 0 Å². The molecule has 0 bridgehead atoms. The summed E-state index contributed by atoms with van der Waals surface area (Å²) in [7, 11) is 0. The fourth-order valence-corrected chi connectivity index (χ4v) is 1.93. The first-order chi connectivity index (χ1) is 8.95. The highest BCUT2D eigenvalue weighted by Gasteiger charge is 2.11. The molecule has 3 N–H and O–H groups in total. The number of hydrogen-bond donors (Lipinski definition) is 2. The third-order valence-corrected chi connectivity index (χ3v) is 2.79. The molecule has 0 aliphatic rings. The summed E-state index contributed by atoms with van der Waals surface area (Å²) in [5.41, 5.74) is 7.40. The summed E-state index contributed by atoms with van der Waals surface area (Å²) >= 11 is 5.76. The predicted octanol–water partition coefficient (Wildman–Crippen LogP) is 3.62. The van der Waals surface area contributed by atoms with Crippen LogP contribution >= 0.6 is 11.6 Å². The minimum absolute atomic E-state index is 0.276. The molecule has 19 heavy (non-hydrogen) atoms. The minimum Gasteiger partial charge on any atom is -0.398 e. The van der Waals surface area contributed by atoms with Gasteiger partial charge in [0, 0.05) is 16.4 Å². The van der Waals surface area contributed by atoms with Gasteiger partial charge >= 0.3 is 0 Å². The van der Waals surface area contributed by atoms with Gasteiger partial charge in [0.15, 0.2) is 0 Å². The van der Waals surface area contributed by atoms with Crippen molar-refractivity contribution in [2.45, 2.75) is 6.92 Å². The molecule has 0 radical (unpaired) electrons. The Bertz CT molecular complexity index is 623. The van der Waals surface area contributed by atoms with Crippen molar-refractivity contribution in [3.05, 3.63) is 58.4 Å². The van der Waals surface area contributed by atoms with E-state index in [1.165, 1.54) is 24.3 Å².